The monoisotopic (exact) mass is 778 g/mol. The fourth-order valence-corrected chi connectivity index (χ4v) is 13.3. The summed E-state index contributed by atoms with van der Waals surface area (Å²) >= 11 is 0. The van der Waals surface area contributed by atoms with E-state index in [2.05, 4.69) is 168 Å². The van der Waals surface area contributed by atoms with Crippen LogP contribution in [0.2, 0.25) is 0 Å². The summed E-state index contributed by atoms with van der Waals surface area (Å²) in [6, 6.07) is 5.37. The average molecular weight is 778 g/mol. The predicted octanol–water partition coefficient (Wildman–Crippen LogP) is 15.1. The largest absolute Gasteiger partial charge is 0.348 e. The zero-order valence-corrected chi connectivity index (χ0v) is 36.7. The predicted molar refractivity (Wildman–Crippen MR) is 254 cm³/mol. The molecule has 0 bridgehead atoms. The molecule has 1 heteroatoms. The van der Waals surface area contributed by atoms with Gasteiger partial charge < -0.3 is 4.90 Å². The summed E-state index contributed by atoms with van der Waals surface area (Å²) in [5.74, 6) is 2.58. The quantitative estimate of drug-likeness (QED) is 0.213. The highest BCUT2D eigenvalue weighted by Gasteiger charge is 2.61. The van der Waals surface area contributed by atoms with E-state index < -0.39 is 0 Å². The first kappa shape index (κ1) is 39.8. The molecule has 0 aliphatic heterocycles. The Balaban J connectivity index is 0.00000145. The number of fused-ring (bicyclic) bond motifs is 11. The van der Waals surface area contributed by atoms with Crippen molar-refractivity contribution in [3.05, 3.63) is 190 Å². The maximum absolute atomic E-state index is 4.43. The lowest BCUT2D eigenvalue weighted by Crippen LogP contribution is -2.43. The minimum Gasteiger partial charge on any atom is -0.348 e. The first-order valence-electron chi connectivity index (χ1n) is 23.3. The summed E-state index contributed by atoms with van der Waals surface area (Å²) in [4.78, 5) is 2.54. The lowest BCUT2D eigenvalue weighted by Gasteiger charge is -2.50. The lowest BCUT2D eigenvalue weighted by atomic mass is 9.52. The molecule has 1 aromatic carbocycles. The van der Waals surface area contributed by atoms with Crippen LogP contribution in [0.3, 0.4) is 0 Å². The van der Waals surface area contributed by atoms with Gasteiger partial charge in [0.15, 0.2) is 0 Å². The third kappa shape index (κ3) is 6.15. The van der Waals surface area contributed by atoms with E-state index in [-0.39, 0.29) is 10.8 Å². The van der Waals surface area contributed by atoms with Crippen LogP contribution >= 0.6 is 0 Å². The van der Waals surface area contributed by atoms with Gasteiger partial charge in [-0.25, -0.2) is 0 Å². The maximum atomic E-state index is 4.43. The smallest absolute Gasteiger partial charge is 0.0491 e. The fourth-order valence-electron chi connectivity index (χ4n) is 13.3. The number of hydrogen-bond acceptors (Lipinski definition) is 1. The van der Waals surface area contributed by atoms with Crippen LogP contribution in [0.5, 0.6) is 0 Å². The minimum absolute atomic E-state index is 0.0952. The molecule has 0 aromatic heterocycles. The molecule has 304 valence electrons. The van der Waals surface area contributed by atoms with Gasteiger partial charge in [0.05, 0.1) is 0 Å². The van der Waals surface area contributed by atoms with Crippen molar-refractivity contribution in [2.75, 3.05) is 11.9 Å². The van der Waals surface area contributed by atoms with Crippen LogP contribution in [0.15, 0.2) is 174 Å². The molecule has 0 amide bonds. The molecule has 9 aliphatic carbocycles. The van der Waals surface area contributed by atoms with Crippen LogP contribution in [0.4, 0.5) is 5.69 Å². The van der Waals surface area contributed by atoms with Gasteiger partial charge in [0.1, 0.15) is 0 Å². The SMILES string of the molecule is C=C/C=C(\C=C)c1cc2c(cc1N(C)C1=CCCCC1)CC1(CC3=C(C=CC3C)C3C=CC=CC31)C1=C(CC=CC=C1)C21C2=C(C(C)C=C2)C2CCCC=CC21.CCC. The van der Waals surface area contributed by atoms with Crippen LogP contribution < -0.4 is 4.90 Å². The van der Waals surface area contributed by atoms with E-state index in [4.69, 9.17) is 0 Å². The molecule has 8 unspecified atom stereocenters. The van der Waals surface area contributed by atoms with Gasteiger partial charge in [-0.3, -0.25) is 0 Å². The molecular formula is C58H67N. The molecule has 8 atom stereocenters. The van der Waals surface area contributed by atoms with Gasteiger partial charge in [0, 0.05) is 46.7 Å². The molecule has 0 fully saturated rings. The van der Waals surface area contributed by atoms with Crippen molar-refractivity contribution in [2.45, 2.75) is 104 Å². The Morgan fingerprint density at radius 1 is 0.831 bits per heavy atom. The Kier molecular flexibility index (Phi) is 10.9. The van der Waals surface area contributed by atoms with Gasteiger partial charge >= 0.3 is 0 Å². The van der Waals surface area contributed by atoms with Gasteiger partial charge in [0.25, 0.3) is 0 Å². The normalized spacial score (nSPS) is 33.4. The first-order valence-corrected chi connectivity index (χ1v) is 23.3. The second-order valence-electron chi connectivity index (χ2n) is 19.0. The Labute approximate surface area is 356 Å². The van der Waals surface area contributed by atoms with Gasteiger partial charge in [-0.05, 0) is 139 Å². The van der Waals surface area contributed by atoms with Crippen molar-refractivity contribution < 1.29 is 0 Å². The van der Waals surface area contributed by atoms with Crippen molar-refractivity contribution in [2.24, 2.45) is 40.9 Å². The molecule has 9 aliphatic rings. The summed E-state index contributed by atoms with van der Waals surface area (Å²) in [5, 5.41) is 0. The van der Waals surface area contributed by atoms with E-state index in [9.17, 15) is 0 Å². The van der Waals surface area contributed by atoms with E-state index in [0.29, 0.717) is 35.5 Å². The minimum atomic E-state index is -0.274. The van der Waals surface area contributed by atoms with Gasteiger partial charge in [-0.15, -0.1) is 0 Å². The van der Waals surface area contributed by atoms with E-state index in [0.717, 1.165) is 37.7 Å². The van der Waals surface area contributed by atoms with Crippen molar-refractivity contribution in [1.82, 2.24) is 0 Å². The second kappa shape index (κ2) is 16.1. The summed E-state index contributed by atoms with van der Waals surface area (Å²) in [5.41, 5.74) is 17.8. The first-order chi connectivity index (χ1) is 28.8. The van der Waals surface area contributed by atoms with Crippen molar-refractivity contribution in [3.63, 3.8) is 0 Å². The topological polar surface area (TPSA) is 3.24 Å². The number of hydrogen-bond donors (Lipinski definition) is 0. The highest BCUT2D eigenvalue weighted by Crippen LogP contribution is 2.69. The highest BCUT2D eigenvalue weighted by molar-refractivity contribution is 5.86. The zero-order valence-electron chi connectivity index (χ0n) is 36.7. The van der Waals surface area contributed by atoms with Crippen LogP contribution in [0.1, 0.15) is 109 Å². The van der Waals surface area contributed by atoms with Crippen LogP contribution in [0, 0.1) is 40.9 Å². The highest BCUT2D eigenvalue weighted by atomic mass is 15.1. The molecular weight excluding hydrogens is 711 g/mol. The molecule has 1 nitrogen and oxygen atoms in total. The standard InChI is InChI=1S/C55H59N.C3H8/c1-6-19-38(7-2)44-33-51-39(32-52(44)56(5)40-20-11-8-12-21-40)34-54(35-45-36(3)28-30-41(45)42-22-17-18-24-46(42)54)48-26-15-10-16-27-49(48)55(51)47-25-14-9-13-23-43(47)53-37(4)29-31-50(53)55;1-3-2/h6-7,10,14-20,22,24-26,28-33,36-37,42-43,46-47H,1-2,8-9,11-13,21,23,27,34-35H2,3-5H3;3H2,1-2H3/b38-19+;. The number of anilines is 1. The molecule has 0 radical (unpaired) electrons. The molecule has 59 heavy (non-hydrogen) atoms. The van der Waals surface area contributed by atoms with Gasteiger partial charge in [-0.1, -0.05) is 168 Å². The third-order valence-corrected chi connectivity index (χ3v) is 15.7. The summed E-state index contributed by atoms with van der Waals surface area (Å²) in [7, 11) is 2.33. The van der Waals surface area contributed by atoms with Gasteiger partial charge in [0.2, 0.25) is 0 Å². The molecule has 0 saturated heterocycles. The molecule has 0 saturated carbocycles. The average Bonchev–Trinajstić information content (AvgIpc) is 3.69. The number of rotatable bonds is 5. The molecule has 0 heterocycles. The van der Waals surface area contributed by atoms with Crippen LogP contribution in [-0.4, -0.2) is 7.05 Å². The van der Waals surface area contributed by atoms with E-state index in [1.807, 2.05) is 6.08 Å². The number of allylic oxidation sites excluding steroid dienone is 26. The fraction of sp³-hybridized carbons (Fsp3) is 0.414. The van der Waals surface area contributed by atoms with E-state index >= 15 is 0 Å². The number of nitrogens with zero attached hydrogens (tertiary/aromatic N) is 1. The molecule has 0 N–H and O–H groups in total. The summed E-state index contributed by atoms with van der Waals surface area (Å²) in [6.07, 6.45) is 56.6. The molecule has 10 rings (SSSR count). The summed E-state index contributed by atoms with van der Waals surface area (Å²) in [6.45, 7) is 17.8. The second-order valence-corrected chi connectivity index (χ2v) is 19.0. The van der Waals surface area contributed by atoms with E-state index in [1.165, 1.54) is 55.5 Å². The van der Waals surface area contributed by atoms with Gasteiger partial charge in [-0.2, -0.15) is 0 Å². The molecule has 2 spiro atoms. The van der Waals surface area contributed by atoms with Crippen LogP contribution in [0.25, 0.3) is 5.57 Å². The Bertz CT molecular complexity index is 2290. The van der Waals surface area contributed by atoms with Crippen molar-refractivity contribution >= 4 is 11.3 Å². The Hall–Kier alpha value is -4.62. The Morgan fingerprint density at radius 3 is 2.46 bits per heavy atom. The van der Waals surface area contributed by atoms with Crippen molar-refractivity contribution in [1.29, 1.82) is 0 Å². The molecule has 1 aromatic rings. The Morgan fingerprint density at radius 2 is 1.66 bits per heavy atom. The third-order valence-electron chi connectivity index (χ3n) is 15.7. The number of benzene rings is 1. The van der Waals surface area contributed by atoms with Crippen LogP contribution in [-0.2, 0) is 11.8 Å². The maximum Gasteiger partial charge on any atom is 0.0491 e. The zero-order chi connectivity index (χ0) is 40.9. The van der Waals surface area contributed by atoms with Crippen molar-refractivity contribution in [3.8, 4) is 0 Å². The van der Waals surface area contributed by atoms with E-state index in [1.54, 1.807) is 44.6 Å². The lowest BCUT2D eigenvalue weighted by molar-refractivity contribution is 0.200. The summed E-state index contributed by atoms with van der Waals surface area (Å²) < 4.78 is 0.